The Labute approximate surface area is 165 Å². The third-order valence-corrected chi connectivity index (χ3v) is 4.13. The van der Waals surface area contributed by atoms with E-state index in [9.17, 15) is 4.79 Å². The van der Waals surface area contributed by atoms with Crippen LogP contribution in [0.4, 0.5) is 4.79 Å². The van der Waals surface area contributed by atoms with Gasteiger partial charge in [-0.05, 0) is 67.8 Å². The molecular formula is C22H25N3O3. The molecule has 0 unspecified atom stereocenters. The van der Waals surface area contributed by atoms with Crippen molar-refractivity contribution in [1.29, 1.82) is 0 Å². The number of ether oxygens (including phenoxy) is 2. The van der Waals surface area contributed by atoms with E-state index in [2.05, 4.69) is 9.98 Å². The first kappa shape index (κ1) is 19.6. The number of carbonyl (C=O) groups is 1. The summed E-state index contributed by atoms with van der Waals surface area (Å²) in [5, 5.41) is 0. The number of nitrogens with zero attached hydrogens (tertiary/aromatic N) is 3. The van der Waals surface area contributed by atoms with Crippen molar-refractivity contribution in [2.45, 2.75) is 26.4 Å². The molecule has 1 aromatic carbocycles. The molecule has 6 heteroatoms. The molecule has 1 aliphatic rings. The van der Waals surface area contributed by atoms with E-state index in [-0.39, 0.29) is 6.09 Å². The third-order valence-electron chi connectivity index (χ3n) is 4.13. The standard InChI is InChI=1S/C22H25N3O3/c1-22(2,3)28-21(26)25-13-12-24-20(25)15-19(16-8-10-23-11-9-16)17-6-5-7-18(14-17)27-4/h5-11,14-15H,12-13H2,1-4H3/b19-15-. The van der Waals surface area contributed by atoms with Gasteiger partial charge in [0.2, 0.25) is 0 Å². The molecule has 2 aromatic rings. The Balaban J connectivity index is 2.00. The van der Waals surface area contributed by atoms with Crippen LogP contribution in [0.5, 0.6) is 5.75 Å². The number of benzene rings is 1. The molecule has 1 aromatic heterocycles. The lowest BCUT2D eigenvalue weighted by Crippen LogP contribution is -2.38. The molecular weight excluding hydrogens is 354 g/mol. The van der Waals surface area contributed by atoms with Crippen LogP contribution in [0.2, 0.25) is 0 Å². The van der Waals surface area contributed by atoms with Gasteiger partial charge in [-0.1, -0.05) is 12.1 Å². The van der Waals surface area contributed by atoms with Crippen LogP contribution in [-0.2, 0) is 4.74 Å². The molecule has 0 spiro atoms. The normalized spacial score (nSPS) is 14.6. The quantitative estimate of drug-likeness (QED) is 0.800. The van der Waals surface area contributed by atoms with E-state index in [1.165, 1.54) is 0 Å². The number of amidine groups is 1. The average molecular weight is 379 g/mol. The van der Waals surface area contributed by atoms with Crippen LogP contribution in [0, 0.1) is 0 Å². The SMILES string of the molecule is COc1cccc(/C(=C\C2=NCCN2C(=O)OC(C)(C)C)c2ccncc2)c1. The van der Waals surface area contributed by atoms with Crippen LogP contribution < -0.4 is 4.74 Å². The van der Waals surface area contributed by atoms with Gasteiger partial charge in [0.25, 0.3) is 0 Å². The summed E-state index contributed by atoms with van der Waals surface area (Å²) in [5.74, 6) is 1.35. The smallest absolute Gasteiger partial charge is 0.416 e. The maximum absolute atomic E-state index is 12.6. The number of aromatic nitrogens is 1. The zero-order valence-electron chi connectivity index (χ0n) is 16.7. The highest BCUT2D eigenvalue weighted by Crippen LogP contribution is 2.27. The number of hydrogen-bond donors (Lipinski definition) is 0. The van der Waals surface area contributed by atoms with Gasteiger partial charge < -0.3 is 9.47 Å². The van der Waals surface area contributed by atoms with Gasteiger partial charge >= 0.3 is 6.09 Å². The van der Waals surface area contributed by atoms with Crippen LogP contribution in [-0.4, -0.2) is 47.6 Å². The second-order valence-electron chi connectivity index (χ2n) is 7.40. The molecule has 2 heterocycles. The minimum Gasteiger partial charge on any atom is -0.497 e. The lowest BCUT2D eigenvalue weighted by molar-refractivity contribution is 0.0385. The Kier molecular flexibility index (Phi) is 5.78. The predicted octanol–water partition coefficient (Wildman–Crippen LogP) is 4.17. The molecule has 0 atom stereocenters. The minimum atomic E-state index is -0.560. The number of carbonyl (C=O) groups excluding carboxylic acids is 1. The minimum absolute atomic E-state index is 0.389. The van der Waals surface area contributed by atoms with Crippen LogP contribution in [0.15, 0.2) is 59.9 Å². The number of hydrogen-bond acceptors (Lipinski definition) is 5. The lowest BCUT2D eigenvalue weighted by Gasteiger charge is -2.24. The summed E-state index contributed by atoms with van der Waals surface area (Å²) in [6.07, 6.45) is 5.01. The van der Waals surface area contributed by atoms with Crippen LogP contribution >= 0.6 is 0 Å². The van der Waals surface area contributed by atoms with Gasteiger partial charge in [0, 0.05) is 12.4 Å². The summed E-state index contributed by atoms with van der Waals surface area (Å²) >= 11 is 0. The molecule has 0 bridgehead atoms. The molecule has 28 heavy (non-hydrogen) atoms. The van der Waals surface area contributed by atoms with Crippen LogP contribution in [0.3, 0.4) is 0 Å². The lowest BCUT2D eigenvalue weighted by atomic mass is 9.98. The second-order valence-corrected chi connectivity index (χ2v) is 7.40. The molecule has 1 aliphatic heterocycles. The Morgan fingerprint density at radius 3 is 2.57 bits per heavy atom. The maximum atomic E-state index is 12.6. The number of rotatable bonds is 4. The third kappa shape index (κ3) is 4.76. The first-order valence-electron chi connectivity index (χ1n) is 9.19. The van der Waals surface area contributed by atoms with Crippen LogP contribution in [0.25, 0.3) is 5.57 Å². The van der Waals surface area contributed by atoms with Gasteiger partial charge in [0.1, 0.15) is 17.2 Å². The molecule has 0 saturated heterocycles. The molecule has 3 rings (SSSR count). The fraction of sp³-hybridized carbons (Fsp3) is 0.318. The molecule has 0 fully saturated rings. The zero-order chi connectivity index (χ0) is 20.1. The van der Waals surface area contributed by atoms with E-state index in [1.54, 1.807) is 24.4 Å². The van der Waals surface area contributed by atoms with Gasteiger partial charge in [-0.3, -0.25) is 14.9 Å². The van der Waals surface area contributed by atoms with Crippen molar-refractivity contribution in [3.8, 4) is 5.75 Å². The van der Waals surface area contributed by atoms with E-state index >= 15 is 0 Å². The van der Waals surface area contributed by atoms with Gasteiger partial charge in [-0.25, -0.2) is 4.79 Å². The van der Waals surface area contributed by atoms with E-state index < -0.39 is 5.60 Å². The Morgan fingerprint density at radius 1 is 1.14 bits per heavy atom. The first-order chi connectivity index (χ1) is 13.4. The largest absolute Gasteiger partial charge is 0.497 e. The summed E-state index contributed by atoms with van der Waals surface area (Å²) in [6, 6.07) is 11.7. The van der Waals surface area contributed by atoms with Gasteiger partial charge in [0.05, 0.1) is 20.2 Å². The van der Waals surface area contributed by atoms with Crippen molar-refractivity contribution in [2.24, 2.45) is 4.99 Å². The van der Waals surface area contributed by atoms with Crippen molar-refractivity contribution < 1.29 is 14.3 Å². The van der Waals surface area contributed by atoms with E-state index in [0.717, 1.165) is 22.4 Å². The molecule has 146 valence electrons. The highest BCUT2D eigenvalue weighted by atomic mass is 16.6. The maximum Gasteiger partial charge on any atom is 0.416 e. The van der Waals surface area contributed by atoms with Crippen molar-refractivity contribution in [2.75, 3.05) is 20.2 Å². The number of amides is 1. The van der Waals surface area contributed by atoms with Crippen LogP contribution in [0.1, 0.15) is 31.9 Å². The van der Waals surface area contributed by atoms with Crippen molar-refractivity contribution in [1.82, 2.24) is 9.88 Å². The van der Waals surface area contributed by atoms with Gasteiger partial charge in [-0.15, -0.1) is 0 Å². The highest BCUT2D eigenvalue weighted by Gasteiger charge is 2.28. The number of methoxy groups -OCH3 is 1. The van der Waals surface area contributed by atoms with Crippen molar-refractivity contribution in [3.63, 3.8) is 0 Å². The van der Waals surface area contributed by atoms with E-state index in [0.29, 0.717) is 18.9 Å². The fourth-order valence-corrected chi connectivity index (χ4v) is 2.87. The molecule has 0 radical (unpaired) electrons. The Bertz CT molecular complexity index is 899. The molecule has 1 amide bonds. The summed E-state index contributed by atoms with van der Waals surface area (Å²) in [5.41, 5.74) is 2.30. The molecule has 0 aliphatic carbocycles. The number of pyridine rings is 1. The Hall–Kier alpha value is -3.15. The van der Waals surface area contributed by atoms with Gasteiger partial charge in [0.15, 0.2) is 0 Å². The highest BCUT2D eigenvalue weighted by molar-refractivity contribution is 6.09. The number of aliphatic imine (C=N–C) groups is 1. The summed E-state index contributed by atoms with van der Waals surface area (Å²) in [6.45, 7) is 6.61. The summed E-state index contributed by atoms with van der Waals surface area (Å²) in [4.78, 5) is 22.8. The predicted molar refractivity (Wildman–Crippen MR) is 110 cm³/mol. The van der Waals surface area contributed by atoms with Crippen molar-refractivity contribution >= 4 is 17.5 Å². The fourth-order valence-electron chi connectivity index (χ4n) is 2.87. The van der Waals surface area contributed by atoms with E-state index in [4.69, 9.17) is 9.47 Å². The van der Waals surface area contributed by atoms with Gasteiger partial charge in [-0.2, -0.15) is 0 Å². The summed E-state index contributed by atoms with van der Waals surface area (Å²) < 4.78 is 10.9. The Morgan fingerprint density at radius 2 is 1.89 bits per heavy atom. The summed E-state index contributed by atoms with van der Waals surface area (Å²) in [7, 11) is 1.64. The first-order valence-corrected chi connectivity index (χ1v) is 9.19. The van der Waals surface area contributed by atoms with Crippen molar-refractivity contribution in [3.05, 3.63) is 66.0 Å². The molecule has 0 saturated carbocycles. The monoisotopic (exact) mass is 379 g/mol. The molecule has 6 nitrogen and oxygen atoms in total. The molecule has 0 N–H and O–H groups in total. The second kappa shape index (κ2) is 8.25. The topological polar surface area (TPSA) is 64.0 Å². The average Bonchev–Trinajstić information content (AvgIpc) is 3.14. The zero-order valence-corrected chi connectivity index (χ0v) is 16.7. The van der Waals surface area contributed by atoms with E-state index in [1.807, 2.05) is 63.2 Å².